The summed E-state index contributed by atoms with van der Waals surface area (Å²) in [5.74, 6) is 1.72. The summed E-state index contributed by atoms with van der Waals surface area (Å²) >= 11 is 0. The van der Waals surface area contributed by atoms with Crippen LogP contribution in [0.25, 0.3) is 0 Å². The Kier molecular flexibility index (Phi) is 4.60. The molecule has 0 radical (unpaired) electrons. The Labute approximate surface area is 153 Å². The number of nitrogens with one attached hydrogen (secondary N) is 2. The van der Waals surface area contributed by atoms with E-state index in [0.29, 0.717) is 19.6 Å². The fourth-order valence-corrected chi connectivity index (χ4v) is 3.78. The molecule has 2 amide bonds. The Morgan fingerprint density at radius 3 is 2.73 bits per heavy atom. The van der Waals surface area contributed by atoms with Crippen LogP contribution in [0.1, 0.15) is 24.0 Å². The standard InChI is InChI=1S/C19H24N6O/c1-20-17-9-18(23-13-22-17)25-8-4-7-16(25)10-21-19(26)24-11-14-5-2-3-6-15(14)12-24/h2-3,5-6,9,13,16H,4,7-8,10-12H2,1H3,(H,21,26)(H,20,22,23). The Balaban J connectivity index is 1.36. The van der Waals surface area contributed by atoms with Crippen molar-refractivity contribution in [2.75, 3.05) is 30.4 Å². The van der Waals surface area contributed by atoms with Crippen LogP contribution >= 0.6 is 0 Å². The zero-order chi connectivity index (χ0) is 17.9. The van der Waals surface area contributed by atoms with E-state index in [-0.39, 0.29) is 12.1 Å². The number of benzene rings is 1. The van der Waals surface area contributed by atoms with Gasteiger partial charge in [0.15, 0.2) is 0 Å². The van der Waals surface area contributed by atoms with E-state index in [9.17, 15) is 4.79 Å². The molecule has 7 nitrogen and oxygen atoms in total. The summed E-state index contributed by atoms with van der Waals surface area (Å²) in [5.41, 5.74) is 2.48. The number of carbonyl (C=O) groups excluding carboxylic acids is 1. The molecule has 2 aliphatic rings. The summed E-state index contributed by atoms with van der Waals surface area (Å²) in [7, 11) is 1.85. The summed E-state index contributed by atoms with van der Waals surface area (Å²) in [4.78, 5) is 25.3. The first-order chi connectivity index (χ1) is 12.7. The molecule has 136 valence electrons. The second-order valence-corrected chi connectivity index (χ2v) is 6.81. The number of nitrogens with zero attached hydrogens (tertiary/aromatic N) is 4. The average molecular weight is 352 g/mol. The third kappa shape index (κ3) is 3.29. The largest absolute Gasteiger partial charge is 0.373 e. The fourth-order valence-electron chi connectivity index (χ4n) is 3.78. The summed E-state index contributed by atoms with van der Waals surface area (Å²) in [6, 6.07) is 10.5. The van der Waals surface area contributed by atoms with Gasteiger partial charge in [-0.05, 0) is 24.0 Å². The van der Waals surface area contributed by atoms with E-state index in [0.717, 1.165) is 31.0 Å². The number of carbonyl (C=O) groups is 1. The van der Waals surface area contributed by atoms with Gasteiger partial charge in [-0.15, -0.1) is 0 Å². The molecule has 1 atom stereocenters. The third-order valence-electron chi connectivity index (χ3n) is 5.20. The summed E-state index contributed by atoms with van der Waals surface area (Å²) in [5, 5.41) is 6.16. The molecular formula is C19H24N6O. The molecule has 7 heteroatoms. The van der Waals surface area contributed by atoms with Crippen LogP contribution < -0.4 is 15.5 Å². The summed E-state index contributed by atoms with van der Waals surface area (Å²) in [6.45, 7) is 2.96. The lowest BCUT2D eigenvalue weighted by Gasteiger charge is -2.27. The highest BCUT2D eigenvalue weighted by atomic mass is 16.2. The van der Waals surface area contributed by atoms with E-state index in [1.807, 2.05) is 30.1 Å². The van der Waals surface area contributed by atoms with Gasteiger partial charge in [0.05, 0.1) is 0 Å². The van der Waals surface area contributed by atoms with Gasteiger partial charge < -0.3 is 20.4 Å². The van der Waals surface area contributed by atoms with Crippen LogP contribution in [0.4, 0.5) is 16.4 Å². The SMILES string of the molecule is CNc1cc(N2CCCC2CNC(=O)N2Cc3ccccc3C2)ncn1. The molecule has 0 saturated carbocycles. The molecule has 1 unspecified atom stereocenters. The van der Waals surface area contributed by atoms with Gasteiger partial charge in [-0.3, -0.25) is 0 Å². The molecule has 2 aliphatic heterocycles. The predicted octanol–water partition coefficient (Wildman–Crippen LogP) is 2.21. The molecule has 0 spiro atoms. The van der Waals surface area contributed by atoms with E-state index in [1.54, 1.807) is 6.33 Å². The Morgan fingerprint density at radius 1 is 1.23 bits per heavy atom. The second-order valence-electron chi connectivity index (χ2n) is 6.81. The highest BCUT2D eigenvalue weighted by molar-refractivity contribution is 5.75. The van der Waals surface area contributed by atoms with E-state index in [2.05, 4.69) is 37.6 Å². The smallest absolute Gasteiger partial charge is 0.318 e. The number of hydrogen-bond acceptors (Lipinski definition) is 5. The molecule has 1 saturated heterocycles. The van der Waals surface area contributed by atoms with E-state index in [4.69, 9.17) is 0 Å². The van der Waals surface area contributed by atoms with Gasteiger partial charge in [0.1, 0.15) is 18.0 Å². The van der Waals surface area contributed by atoms with Crippen molar-refractivity contribution in [2.24, 2.45) is 0 Å². The zero-order valence-electron chi connectivity index (χ0n) is 15.0. The molecule has 1 fully saturated rings. The van der Waals surface area contributed by atoms with Gasteiger partial charge in [0.2, 0.25) is 0 Å². The van der Waals surface area contributed by atoms with Crippen LogP contribution in [-0.4, -0.2) is 47.1 Å². The number of hydrogen-bond donors (Lipinski definition) is 2. The highest BCUT2D eigenvalue weighted by Gasteiger charge is 2.28. The first-order valence-electron chi connectivity index (χ1n) is 9.10. The van der Waals surface area contributed by atoms with Crippen molar-refractivity contribution in [3.63, 3.8) is 0 Å². The number of urea groups is 1. The van der Waals surface area contributed by atoms with E-state index in [1.165, 1.54) is 11.1 Å². The topological polar surface area (TPSA) is 73.4 Å². The molecule has 4 rings (SSSR count). The zero-order valence-corrected chi connectivity index (χ0v) is 15.0. The number of aromatic nitrogens is 2. The van der Waals surface area contributed by atoms with Gasteiger partial charge in [0, 0.05) is 45.3 Å². The van der Waals surface area contributed by atoms with Crippen LogP contribution in [0.3, 0.4) is 0 Å². The summed E-state index contributed by atoms with van der Waals surface area (Å²) < 4.78 is 0. The molecule has 1 aromatic carbocycles. The lowest BCUT2D eigenvalue weighted by molar-refractivity contribution is 0.198. The monoisotopic (exact) mass is 352 g/mol. The number of fused-ring (bicyclic) bond motifs is 1. The molecule has 2 N–H and O–H groups in total. The Morgan fingerprint density at radius 2 is 2.00 bits per heavy atom. The minimum atomic E-state index is 0.00616. The maximum Gasteiger partial charge on any atom is 0.318 e. The van der Waals surface area contributed by atoms with Crippen molar-refractivity contribution in [3.05, 3.63) is 47.8 Å². The lowest BCUT2D eigenvalue weighted by atomic mass is 10.1. The minimum absolute atomic E-state index is 0.00616. The van der Waals surface area contributed by atoms with Gasteiger partial charge in [-0.25, -0.2) is 14.8 Å². The molecular weight excluding hydrogens is 328 g/mol. The molecule has 1 aromatic heterocycles. The molecule has 2 aromatic rings. The van der Waals surface area contributed by atoms with Gasteiger partial charge in [-0.1, -0.05) is 24.3 Å². The van der Waals surface area contributed by atoms with Crippen LogP contribution in [0.2, 0.25) is 0 Å². The molecule has 3 heterocycles. The fraction of sp³-hybridized carbons (Fsp3) is 0.421. The maximum absolute atomic E-state index is 12.6. The lowest BCUT2D eigenvalue weighted by Crippen LogP contribution is -2.44. The van der Waals surface area contributed by atoms with Crippen molar-refractivity contribution >= 4 is 17.7 Å². The Bertz CT molecular complexity index is 770. The first kappa shape index (κ1) is 16.6. The number of rotatable bonds is 4. The quantitative estimate of drug-likeness (QED) is 0.883. The van der Waals surface area contributed by atoms with E-state index >= 15 is 0 Å². The number of anilines is 2. The van der Waals surface area contributed by atoms with Gasteiger partial charge >= 0.3 is 6.03 Å². The molecule has 0 bridgehead atoms. The van der Waals surface area contributed by atoms with Crippen molar-refractivity contribution in [3.8, 4) is 0 Å². The minimum Gasteiger partial charge on any atom is -0.373 e. The van der Waals surface area contributed by atoms with Crippen molar-refractivity contribution < 1.29 is 4.79 Å². The Hall–Kier alpha value is -2.83. The third-order valence-corrected chi connectivity index (χ3v) is 5.20. The predicted molar refractivity (Wildman–Crippen MR) is 101 cm³/mol. The summed E-state index contributed by atoms with van der Waals surface area (Å²) in [6.07, 6.45) is 3.74. The highest BCUT2D eigenvalue weighted by Crippen LogP contribution is 2.25. The van der Waals surface area contributed by atoms with Crippen LogP contribution in [0.5, 0.6) is 0 Å². The first-order valence-corrected chi connectivity index (χ1v) is 9.10. The second kappa shape index (κ2) is 7.19. The van der Waals surface area contributed by atoms with Crippen LogP contribution in [-0.2, 0) is 13.1 Å². The molecule has 26 heavy (non-hydrogen) atoms. The van der Waals surface area contributed by atoms with Crippen LogP contribution in [0, 0.1) is 0 Å². The van der Waals surface area contributed by atoms with Gasteiger partial charge in [0.25, 0.3) is 0 Å². The van der Waals surface area contributed by atoms with Crippen molar-refractivity contribution in [1.82, 2.24) is 20.2 Å². The normalized spacial score (nSPS) is 18.7. The van der Waals surface area contributed by atoms with Crippen LogP contribution in [0.15, 0.2) is 36.7 Å². The van der Waals surface area contributed by atoms with Crippen molar-refractivity contribution in [1.29, 1.82) is 0 Å². The van der Waals surface area contributed by atoms with E-state index < -0.39 is 0 Å². The molecule has 0 aliphatic carbocycles. The van der Waals surface area contributed by atoms with Gasteiger partial charge in [-0.2, -0.15) is 0 Å². The van der Waals surface area contributed by atoms with Crippen molar-refractivity contribution in [2.45, 2.75) is 32.0 Å². The number of amides is 2. The average Bonchev–Trinajstić information content (AvgIpc) is 3.32. The maximum atomic E-state index is 12.6.